The quantitative estimate of drug-likeness (QED) is 0.232. The second kappa shape index (κ2) is 8.96. The van der Waals surface area contributed by atoms with Crippen LogP contribution in [0.25, 0.3) is 6.08 Å². The molecular weight excluding hydrogens is 346 g/mol. The zero-order valence-corrected chi connectivity index (χ0v) is 14.2. The average molecular weight is 362 g/mol. The lowest BCUT2D eigenvalue weighted by atomic mass is 10.1. The zero-order valence-electron chi connectivity index (χ0n) is 13.5. The van der Waals surface area contributed by atoms with Crippen molar-refractivity contribution in [3.63, 3.8) is 0 Å². The lowest BCUT2D eigenvalue weighted by Crippen LogP contribution is -2.04. The Labute approximate surface area is 149 Å². The Hall–Kier alpha value is -2.70. The first-order valence-electron chi connectivity index (χ1n) is 7.39. The molecule has 2 aromatic carbocycles. The van der Waals surface area contributed by atoms with Crippen molar-refractivity contribution in [3.05, 3.63) is 74.8 Å². The molecule has 0 aliphatic rings. The van der Waals surface area contributed by atoms with E-state index in [1.165, 1.54) is 24.3 Å². The number of ketones is 1. The minimum absolute atomic E-state index is 0.0533. The van der Waals surface area contributed by atoms with Crippen LogP contribution >= 0.6 is 11.6 Å². The molecule has 0 amide bonds. The fourth-order valence-electron chi connectivity index (χ4n) is 2.00. The summed E-state index contributed by atoms with van der Waals surface area (Å²) in [7, 11) is 1.59. The number of halogens is 1. The summed E-state index contributed by atoms with van der Waals surface area (Å²) in [5, 5.41) is 10.9. The maximum absolute atomic E-state index is 12.2. The third-order valence-electron chi connectivity index (χ3n) is 3.29. The van der Waals surface area contributed by atoms with Gasteiger partial charge in [-0.15, -0.1) is 0 Å². The number of nitro groups is 1. The monoisotopic (exact) mass is 361 g/mol. The van der Waals surface area contributed by atoms with Gasteiger partial charge in [0.2, 0.25) is 0 Å². The normalized spacial score (nSPS) is 10.8. The van der Waals surface area contributed by atoms with Crippen LogP contribution in [0.5, 0.6) is 5.75 Å². The number of ether oxygens (including phenoxy) is 2. The van der Waals surface area contributed by atoms with Gasteiger partial charge in [0.15, 0.2) is 5.78 Å². The van der Waals surface area contributed by atoms with Gasteiger partial charge in [-0.2, -0.15) is 0 Å². The molecule has 0 fully saturated rings. The van der Waals surface area contributed by atoms with E-state index in [4.69, 9.17) is 21.1 Å². The first kappa shape index (κ1) is 18.6. The predicted octanol–water partition coefficient (Wildman–Crippen LogP) is 4.17. The molecule has 0 heterocycles. The van der Waals surface area contributed by atoms with E-state index in [-0.39, 0.29) is 16.5 Å². The molecule has 0 N–H and O–H groups in total. The molecule has 7 heteroatoms. The maximum atomic E-state index is 12.2. The van der Waals surface area contributed by atoms with Gasteiger partial charge in [0.05, 0.1) is 11.5 Å². The molecule has 0 radical (unpaired) electrons. The minimum atomic E-state index is -0.566. The van der Waals surface area contributed by atoms with Crippen molar-refractivity contribution in [2.24, 2.45) is 0 Å². The second-order valence-electron chi connectivity index (χ2n) is 5.03. The lowest BCUT2D eigenvalue weighted by molar-refractivity contribution is -0.384. The van der Waals surface area contributed by atoms with E-state index in [2.05, 4.69) is 0 Å². The van der Waals surface area contributed by atoms with Gasteiger partial charge < -0.3 is 9.47 Å². The molecule has 0 aromatic heterocycles. The topological polar surface area (TPSA) is 78.7 Å². The van der Waals surface area contributed by atoms with Crippen molar-refractivity contribution in [1.29, 1.82) is 0 Å². The number of hydrogen-bond donors (Lipinski definition) is 0. The molecule has 0 saturated heterocycles. The van der Waals surface area contributed by atoms with Crippen LogP contribution in [-0.2, 0) is 4.74 Å². The molecular formula is C18H16ClNO5. The summed E-state index contributed by atoms with van der Waals surface area (Å²) < 4.78 is 10.3. The van der Waals surface area contributed by atoms with Crippen LogP contribution in [0.3, 0.4) is 0 Å². The van der Waals surface area contributed by atoms with E-state index in [9.17, 15) is 14.9 Å². The summed E-state index contributed by atoms with van der Waals surface area (Å²) in [6, 6.07) is 11.0. The Bertz CT molecular complexity index is 787. The third kappa shape index (κ3) is 5.41. The van der Waals surface area contributed by atoms with E-state index in [0.29, 0.717) is 30.1 Å². The van der Waals surface area contributed by atoms with Crippen molar-refractivity contribution in [2.75, 3.05) is 20.3 Å². The Morgan fingerprint density at radius 2 is 1.92 bits per heavy atom. The molecule has 0 atom stereocenters. The molecule has 130 valence electrons. The van der Waals surface area contributed by atoms with Gasteiger partial charge in [0.25, 0.3) is 5.69 Å². The van der Waals surface area contributed by atoms with E-state index in [1.54, 1.807) is 37.4 Å². The highest BCUT2D eigenvalue weighted by Gasteiger charge is 2.11. The molecule has 0 aliphatic heterocycles. The van der Waals surface area contributed by atoms with Gasteiger partial charge in [-0.05, 0) is 42.0 Å². The summed E-state index contributed by atoms with van der Waals surface area (Å²) in [5.41, 5.74) is 0.802. The summed E-state index contributed by atoms with van der Waals surface area (Å²) in [6.45, 7) is 0.912. The number of methoxy groups -OCH3 is 1. The van der Waals surface area contributed by atoms with Crippen molar-refractivity contribution >= 4 is 29.1 Å². The number of allylic oxidation sites excluding steroid dienone is 1. The van der Waals surface area contributed by atoms with Gasteiger partial charge >= 0.3 is 0 Å². The molecule has 0 spiro atoms. The van der Waals surface area contributed by atoms with Gasteiger partial charge in [-0.25, -0.2) is 0 Å². The summed E-state index contributed by atoms with van der Waals surface area (Å²) in [6.07, 6.45) is 2.86. The summed E-state index contributed by atoms with van der Waals surface area (Å²) >= 11 is 5.76. The van der Waals surface area contributed by atoms with E-state index < -0.39 is 4.92 Å². The Morgan fingerprint density at radius 1 is 1.20 bits per heavy atom. The largest absolute Gasteiger partial charge is 0.491 e. The van der Waals surface area contributed by atoms with E-state index >= 15 is 0 Å². The van der Waals surface area contributed by atoms with Crippen molar-refractivity contribution < 1.29 is 19.2 Å². The smallest absolute Gasteiger partial charge is 0.288 e. The van der Waals surface area contributed by atoms with Gasteiger partial charge in [-0.1, -0.05) is 23.7 Å². The van der Waals surface area contributed by atoms with E-state index in [1.807, 2.05) is 0 Å². The van der Waals surface area contributed by atoms with Gasteiger partial charge in [0, 0.05) is 18.7 Å². The maximum Gasteiger partial charge on any atom is 0.288 e. The van der Waals surface area contributed by atoms with Crippen LogP contribution in [0.4, 0.5) is 5.69 Å². The number of rotatable bonds is 8. The highest BCUT2D eigenvalue weighted by Crippen LogP contribution is 2.25. The molecule has 0 aliphatic carbocycles. The Morgan fingerprint density at radius 3 is 2.56 bits per heavy atom. The van der Waals surface area contributed by atoms with Crippen molar-refractivity contribution in [1.82, 2.24) is 0 Å². The second-order valence-corrected chi connectivity index (χ2v) is 5.44. The lowest BCUT2D eigenvalue weighted by Gasteiger charge is -2.05. The molecule has 2 aromatic rings. The molecule has 6 nitrogen and oxygen atoms in total. The summed E-state index contributed by atoms with van der Waals surface area (Å²) in [5.74, 6) is 0.423. The number of nitrogens with zero attached hydrogens (tertiary/aromatic N) is 1. The number of benzene rings is 2. The van der Waals surface area contributed by atoms with E-state index in [0.717, 1.165) is 0 Å². The number of carbonyl (C=O) groups is 1. The van der Waals surface area contributed by atoms with Crippen LogP contribution in [0, 0.1) is 10.1 Å². The van der Waals surface area contributed by atoms with Gasteiger partial charge in [0.1, 0.15) is 17.4 Å². The Balaban J connectivity index is 2.05. The van der Waals surface area contributed by atoms with Crippen LogP contribution in [0.2, 0.25) is 5.02 Å². The first-order chi connectivity index (χ1) is 12.0. The SMILES string of the molecule is COCCOc1ccc(C(=O)C=Cc2ccc(Cl)c([N+](=O)[O-])c2)cc1. The van der Waals surface area contributed by atoms with Crippen LogP contribution in [-0.4, -0.2) is 31.0 Å². The molecule has 0 unspecified atom stereocenters. The third-order valence-corrected chi connectivity index (χ3v) is 3.61. The molecule has 0 bridgehead atoms. The number of hydrogen-bond acceptors (Lipinski definition) is 5. The van der Waals surface area contributed by atoms with Gasteiger partial charge in [-0.3, -0.25) is 14.9 Å². The van der Waals surface area contributed by atoms with Crippen molar-refractivity contribution in [3.8, 4) is 5.75 Å². The fourth-order valence-corrected chi connectivity index (χ4v) is 2.19. The standard InChI is InChI=1S/C18H16ClNO5/c1-24-10-11-25-15-6-4-14(5-7-15)18(21)9-3-13-2-8-16(19)17(12-13)20(22)23/h2-9,12H,10-11H2,1H3. The van der Waals surface area contributed by atoms with Crippen LogP contribution < -0.4 is 4.74 Å². The highest BCUT2D eigenvalue weighted by atomic mass is 35.5. The van der Waals surface area contributed by atoms with Crippen LogP contribution in [0.1, 0.15) is 15.9 Å². The molecule has 25 heavy (non-hydrogen) atoms. The minimum Gasteiger partial charge on any atom is -0.491 e. The highest BCUT2D eigenvalue weighted by molar-refractivity contribution is 6.32. The average Bonchev–Trinajstić information content (AvgIpc) is 2.61. The predicted molar refractivity (Wildman–Crippen MR) is 95.3 cm³/mol. The fraction of sp³-hybridized carbons (Fsp3) is 0.167. The summed E-state index contributed by atoms with van der Waals surface area (Å²) in [4.78, 5) is 22.5. The molecule has 2 rings (SSSR count). The first-order valence-corrected chi connectivity index (χ1v) is 7.77. The zero-order chi connectivity index (χ0) is 18.2. The molecule has 0 saturated carbocycles. The Kier molecular flexibility index (Phi) is 6.68. The van der Waals surface area contributed by atoms with Crippen LogP contribution in [0.15, 0.2) is 48.5 Å². The van der Waals surface area contributed by atoms with Crippen molar-refractivity contribution in [2.45, 2.75) is 0 Å². The number of nitro benzene ring substituents is 1. The number of carbonyl (C=O) groups excluding carboxylic acids is 1.